The molecule has 17 nitrogen and oxygen atoms in total. The lowest BCUT2D eigenvalue weighted by Crippen LogP contribution is -2.78. The Morgan fingerprint density at radius 3 is 1.83 bits per heavy atom. The maximum Gasteiger partial charge on any atom is 0.338 e. The lowest BCUT2D eigenvalue weighted by atomic mass is 9.42. The number of rotatable bonds is 12. The van der Waals surface area contributed by atoms with E-state index in [4.69, 9.17) is 47.4 Å². The van der Waals surface area contributed by atoms with Crippen molar-refractivity contribution in [3.63, 3.8) is 0 Å². The second-order valence-corrected chi connectivity index (χ2v) is 20.5. The van der Waals surface area contributed by atoms with Crippen LogP contribution in [0.1, 0.15) is 116 Å². The monoisotopic (exact) mass is 932 g/mol. The van der Waals surface area contributed by atoms with E-state index in [-0.39, 0.29) is 49.2 Å². The van der Waals surface area contributed by atoms with Crippen LogP contribution < -0.4 is 0 Å². The third-order valence-corrected chi connectivity index (χ3v) is 17.2. The summed E-state index contributed by atoms with van der Waals surface area (Å²) in [6, 6.07) is 5.59. The molecule has 0 spiro atoms. The number of aliphatic hydroxyl groups excluding tert-OH is 1. The van der Waals surface area contributed by atoms with Gasteiger partial charge in [0.05, 0.1) is 53.7 Å². The quantitative estimate of drug-likeness (QED) is 0.147. The van der Waals surface area contributed by atoms with Crippen molar-refractivity contribution in [2.75, 3.05) is 21.3 Å². The van der Waals surface area contributed by atoms with Crippen LogP contribution in [0.3, 0.4) is 0 Å². The number of benzene rings is 1. The molecule has 3 saturated heterocycles. The summed E-state index contributed by atoms with van der Waals surface area (Å²) in [5.41, 5.74) is -7.01. The van der Waals surface area contributed by atoms with Crippen LogP contribution >= 0.6 is 0 Å². The number of ketones is 1. The van der Waals surface area contributed by atoms with Crippen LogP contribution in [0.2, 0.25) is 0 Å². The largest absolute Gasteiger partial charge is 0.508 e. The van der Waals surface area contributed by atoms with E-state index in [0.717, 1.165) is 5.57 Å². The highest BCUT2D eigenvalue weighted by Crippen LogP contribution is 2.71. The van der Waals surface area contributed by atoms with Crippen molar-refractivity contribution in [1.29, 1.82) is 0 Å². The number of phenols is 1. The van der Waals surface area contributed by atoms with Crippen LogP contribution in [0.5, 0.6) is 5.75 Å². The highest BCUT2D eigenvalue weighted by atomic mass is 16.7. The number of Topliss-reactive ketones (excluding diaryl/α,β-unsaturated/α-hetero) is 1. The minimum Gasteiger partial charge on any atom is -0.508 e. The van der Waals surface area contributed by atoms with E-state index in [1.807, 2.05) is 19.9 Å². The number of ether oxygens (including phenoxy) is 10. The van der Waals surface area contributed by atoms with E-state index in [1.54, 1.807) is 35.2 Å². The molecule has 5 N–H and O–H groups in total. The Bertz CT molecular complexity index is 1950. The predicted molar refractivity (Wildman–Crippen MR) is 233 cm³/mol. The van der Waals surface area contributed by atoms with Gasteiger partial charge in [0, 0.05) is 46.5 Å². The first-order valence-corrected chi connectivity index (χ1v) is 23.7. The number of carbonyl (C=O) groups excluding carboxylic acids is 2. The molecule has 1 aromatic carbocycles. The molecule has 6 fully saturated rings. The second kappa shape index (κ2) is 18.6. The molecule has 370 valence electrons. The summed E-state index contributed by atoms with van der Waals surface area (Å²) in [5, 5.41) is 58.2. The Morgan fingerprint density at radius 2 is 1.27 bits per heavy atom. The summed E-state index contributed by atoms with van der Waals surface area (Å²) >= 11 is 0. The van der Waals surface area contributed by atoms with Crippen LogP contribution in [0.25, 0.3) is 0 Å². The van der Waals surface area contributed by atoms with Gasteiger partial charge in [0.15, 0.2) is 24.7 Å². The van der Waals surface area contributed by atoms with Gasteiger partial charge in [-0.05, 0) is 109 Å². The molecule has 17 heteroatoms. The number of phenolic OH excluding ortho intramolecular Hbond substituents is 1. The smallest absolute Gasteiger partial charge is 0.338 e. The normalized spacial score (nSPS) is 48.1. The predicted octanol–water partition coefficient (Wildman–Crippen LogP) is 4.01. The van der Waals surface area contributed by atoms with E-state index in [9.17, 15) is 35.1 Å². The number of esters is 1. The van der Waals surface area contributed by atoms with E-state index in [2.05, 4.69) is 6.92 Å². The lowest BCUT2D eigenvalue weighted by molar-refractivity contribution is -0.338. The van der Waals surface area contributed by atoms with E-state index in [1.165, 1.54) is 31.2 Å². The van der Waals surface area contributed by atoms with Crippen LogP contribution in [-0.4, -0.2) is 161 Å². The zero-order valence-corrected chi connectivity index (χ0v) is 39.8. The van der Waals surface area contributed by atoms with Gasteiger partial charge >= 0.3 is 5.97 Å². The zero-order valence-electron chi connectivity index (χ0n) is 39.8. The molecule has 3 saturated carbocycles. The lowest BCUT2D eigenvalue weighted by Gasteiger charge is -2.67. The van der Waals surface area contributed by atoms with Gasteiger partial charge in [-0.3, -0.25) is 4.79 Å². The first-order chi connectivity index (χ1) is 31.2. The Labute approximate surface area is 387 Å². The van der Waals surface area contributed by atoms with E-state index >= 15 is 0 Å². The van der Waals surface area contributed by atoms with Crippen LogP contribution in [0.4, 0.5) is 0 Å². The molecule has 3 aliphatic heterocycles. The first-order valence-electron chi connectivity index (χ1n) is 23.7. The van der Waals surface area contributed by atoms with Crippen LogP contribution in [-0.2, 0) is 52.2 Å². The van der Waals surface area contributed by atoms with Gasteiger partial charge in [0.25, 0.3) is 0 Å². The second-order valence-electron chi connectivity index (χ2n) is 20.5. The molecule has 0 bridgehead atoms. The van der Waals surface area contributed by atoms with Gasteiger partial charge < -0.3 is 72.9 Å². The van der Waals surface area contributed by atoms with Gasteiger partial charge in [-0.25, -0.2) is 4.79 Å². The maximum absolute atomic E-state index is 13.7. The molecular weight excluding hydrogens is 861 g/mol. The Kier molecular flexibility index (Phi) is 14.0. The fourth-order valence-corrected chi connectivity index (χ4v) is 13.2. The van der Waals surface area contributed by atoms with Crippen molar-refractivity contribution < 1.29 is 82.5 Å². The minimum atomic E-state index is -2.07. The van der Waals surface area contributed by atoms with Gasteiger partial charge in [0.1, 0.15) is 47.0 Å². The van der Waals surface area contributed by atoms with Crippen LogP contribution in [0, 0.1) is 16.7 Å². The van der Waals surface area contributed by atoms with E-state index in [0.29, 0.717) is 38.5 Å². The number of hydrogen-bond donors (Lipinski definition) is 5. The summed E-state index contributed by atoms with van der Waals surface area (Å²) in [6.07, 6.45) is -2.66. The molecule has 20 atom stereocenters. The van der Waals surface area contributed by atoms with Crippen molar-refractivity contribution >= 4 is 11.8 Å². The molecule has 0 aromatic heterocycles. The number of fused-ring (bicyclic) bond motifs is 5. The number of carbonyl (C=O) groups is 2. The van der Waals surface area contributed by atoms with Crippen molar-refractivity contribution in [1.82, 2.24) is 0 Å². The molecule has 0 radical (unpaired) electrons. The van der Waals surface area contributed by atoms with Gasteiger partial charge in [-0.1, -0.05) is 18.6 Å². The van der Waals surface area contributed by atoms with Gasteiger partial charge in [0.2, 0.25) is 0 Å². The molecule has 8 rings (SSSR count). The van der Waals surface area contributed by atoms with Crippen LogP contribution in [0.15, 0.2) is 35.9 Å². The molecule has 1 aromatic rings. The number of hydrogen-bond acceptors (Lipinski definition) is 17. The van der Waals surface area contributed by atoms with E-state index < -0.39 is 119 Å². The molecule has 66 heavy (non-hydrogen) atoms. The summed E-state index contributed by atoms with van der Waals surface area (Å²) in [4.78, 5) is 27.0. The zero-order chi connectivity index (χ0) is 47.7. The molecule has 14 unspecified atom stereocenters. The fourth-order valence-electron chi connectivity index (χ4n) is 13.2. The van der Waals surface area contributed by atoms with Crippen molar-refractivity contribution in [3.8, 4) is 5.75 Å². The Hall–Kier alpha value is -2.62. The summed E-state index contributed by atoms with van der Waals surface area (Å²) in [6.45, 7) is 10.5. The standard InChI is InChI=1S/C49H72O17/c1-25-41(52)33(57-7)21-39(60-25)65-43-27(3)62-40(23-35(43)59-9)66-42-26(2)61-38(22-34(42)58-8)63-32-15-16-45(5)30(20-32)14-17-48(55)36(45)24-37(64-44(53)29-10-12-31(51)13-11-29)46(6)47(54,28(4)50)18-19-49(46,48)56/h10-14,25-27,32-43,51-52,54-56H,15-24H2,1-9H3/t25?,26?,27?,32?,33?,34?,35?,36-,37?,38?,39?,40?,41?,42?,43?,45-,46+,47+,48-,49+/m0/s1. The maximum atomic E-state index is 13.7. The summed E-state index contributed by atoms with van der Waals surface area (Å²) in [5.74, 6) is -1.94. The molecule has 0 amide bonds. The number of aliphatic hydroxyl groups is 4. The van der Waals surface area contributed by atoms with Gasteiger partial charge in [-0.15, -0.1) is 0 Å². The van der Waals surface area contributed by atoms with Crippen molar-refractivity contribution in [3.05, 3.63) is 41.5 Å². The fraction of sp³-hybridized carbons (Fsp3) is 0.796. The number of aromatic hydroxyl groups is 1. The molecular formula is C49H72O17. The Balaban J connectivity index is 0.927. The summed E-state index contributed by atoms with van der Waals surface area (Å²) in [7, 11) is 4.82. The first kappa shape index (κ1) is 49.8. The van der Waals surface area contributed by atoms with Crippen molar-refractivity contribution in [2.45, 2.75) is 209 Å². The number of methoxy groups -OCH3 is 3. The topological polar surface area (TPSA) is 228 Å². The molecule has 7 aliphatic rings. The average Bonchev–Trinajstić information content (AvgIpc) is 3.51. The highest BCUT2D eigenvalue weighted by molar-refractivity contribution is 5.90. The highest BCUT2D eigenvalue weighted by Gasteiger charge is 2.81. The molecule has 4 aliphatic carbocycles. The molecule has 3 heterocycles. The summed E-state index contributed by atoms with van der Waals surface area (Å²) < 4.78 is 62.1. The average molecular weight is 933 g/mol. The minimum absolute atomic E-state index is 0.0274. The third kappa shape index (κ3) is 8.18. The third-order valence-electron chi connectivity index (χ3n) is 17.2. The van der Waals surface area contributed by atoms with Crippen molar-refractivity contribution in [2.24, 2.45) is 16.7 Å². The Morgan fingerprint density at radius 1 is 0.727 bits per heavy atom. The van der Waals surface area contributed by atoms with Gasteiger partial charge in [-0.2, -0.15) is 0 Å². The SMILES string of the molecule is COC1CC(OC2C(C)OC(OC3C(C)OC(OC4CC[C@@]5(C)C(=CC[C@]6(O)[C@H]5CC(OC(=O)c5ccc(O)cc5)[C@@]5(C)[C@]6(O)CC[C@@]5(O)C(C)=O)C4)CC3OC)CC2OC)OC(C)C1O.